The van der Waals surface area contributed by atoms with Crippen LogP contribution in [0.3, 0.4) is 0 Å². The lowest BCUT2D eigenvalue weighted by Gasteiger charge is -2.18. The van der Waals surface area contributed by atoms with E-state index in [0.29, 0.717) is 22.7 Å². The lowest BCUT2D eigenvalue weighted by Crippen LogP contribution is -2.28. The topological polar surface area (TPSA) is 51.2 Å². The molecule has 21 heavy (non-hydrogen) atoms. The summed E-state index contributed by atoms with van der Waals surface area (Å²) < 4.78 is 19.3. The molecule has 1 aliphatic heterocycles. The molecule has 1 aromatic carbocycles. The van der Waals surface area contributed by atoms with Gasteiger partial charge in [-0.1, -0.05) is 12.1 Å². The fourth-order valence-corrected chi connectivity index (χ4v) is 3.17. The van der Waals surface area contributed by atoms with Crippen molar-refractivity contribution in [1.82, 2.24) is 10.3 Å². The Morgan fingerprint density at radius 3 is 3.14 bits per heavy atom. The van der Waals surface area contributed by atoms with Crippen molar-refractivity contribution in [2.24, 2.45) is 0 Å². The van der Waals surface area contributed by atoms with Crippen LogP contribution in [0.25, 0.3) is 0 Å². The number of thiazole rings is 1. The minimum Gasteiger partial charge on any atom is -0.490 e. The number of nitrogens with zero attached hydrogens (tertiary/aromatic N) is 1. The van der Waals surface area contributed by atoms with Gasteiger partial charge >= 0.3 is 0 Å². The van der Waals surface area contributed by atoms with Crippen LogP contribution in [-0.4, -0.2) is 17.5 Å². The Labute approximate surface area is 126 Å². The molecule has 2 aromatic rings. The van der Waals surface area contributed by atoms with E-state index in [1.165, 1.54) is 17.4 Å². The molecular weight excluding hydrogens is 291 g/mol. The Kier molecular flexibility index (Phi) is 3.88. The first-order valence-corrected chi connectivity index (χ1v) is 7.67. The number of benzene rings is 1. The minimum atomic E-state index is -0.386. The maximum absolute atomic E-state index is 13.9. The normalized spacial score (nSPS) is 17.5. The van der Waals surface area contributed by atoms with Gasteiger partial charge in [-0.2, -0.15) is 0 Å². The third-order valence-corrected chi connectivity index (χ3v) is 4.44. The molecule has 4 nitrogen and oxygen atoms in total. The molecule has 6 heteroatoms. The van der Waals surface area contributed by atoms with Gasteiger partial charge in [-0.15, -0.1) is 11.3 Å². The number of fused-ring (bicyclic) bond motifs is 1. The summed E-state index contributed by atoms with van der Waals surface area (Å²) in [4.78, 5) is 17.0. The summed E-state index contributed by atoms with van der Waals surface area (Å²) in [6, 6.07) is 4.57. The van der Waals surface area contributed by atoms with Gasteiger partial charge in [0.05, 0.1) is 23.9 Å². The van der Waals surface area contributed by atoms with Crippen molar-refractivity contribution >= 4 is 17.2 Å². The Morgan fingerprint density at radius 2 is 2.38 bits per heavy atom. The van der Waals surface area contributed by atoms with E-state index in [0.717, 1.165) is 12.8 Å². The molecule has 0 aliphatic carbocycles. The molecule has 1 amide bonds. The first kappa shape index (κ1) is 14.0. The van der Waals surface area contributed by atoms with Gasteiger partial charge in [0.25, 0.3) is 5.91 Å². The summed E-state index contributed by atoms with van der Waals surface area (Å²) in [5, 5.41) is 2.97. The molecule has 0 bridgehead atoms. The van der Waals surface area contributed by atoms with Gasteiger partial charge in [-0.3, -0.25) is 4.79 Å². The summed E-state index contributed by atoms with van der Waals surface area (Å²) in [6.45, 7) is 2.26. The molecule has 1 atom stereocenters. The number of hydrogen-bond acceptors (Lipinski definition) is 4. The number of halogens is 1. The second-order valence-corrected chi connectivity index (χ2v) is 5.80. The maximum atomic E-state index is 13.9. The number of hydrogen-bond donors (Lipinski definition) is 1. The van der Waals surface area contributed by atoms with E-state index < -0.39 is 0 Å². The van der Waals surface area contributed by atoms with E-state index >= 15 is 0 Å². The number of rotatable bonds is 2. The highest BCUT2D eigenvalue weighted by molar-refractivity contribution is 7.11. The standard InChI is InChI=1S/C15H15FN2O2S/c1-9-14(21-8-17-9)15(19)18-12-6-3-7-20-13-10(12)4-2-5-11(13)16/h2,4-5,8,12H,3,6-7H2,1H3,(H,18,19)/t12-/m1/s1. The van der Waals surface area contributed by atoms with E-state index in [1.54, 1.807) is 24.6 Å². The summed E-state index contributed by atoms with van der Waals surface area (Å²) in [7, 11) is 0. The SMILES string of the molecule is Cc1ncsc1C(=O)N[C@@H]1CCCOc2c(F)cccc21. The van der Waals surface area contributed by atoms with Gasteiger partial charge in [0, 0.05) is 5.56 Å². The molecule has 1 aromatic heterocycles. The van der Waals surface area contributed by atoms with Crippen LogP contribution in [0.5, 0.6) is 5.75 Å². The van der Waals surface area contributed by atoms with Crippen molar-refractivity contribution in [2.75, 3.05) is 6.61 Å². The number of ether oxygens (including phenoxy) is 1. The third-order valence-electron chi connectivity index (χ3n) is 3.51. The summed E-state index contributed by atoms with van der Waals surface area (Å²) in [5.41, 5.74) is 3.05. The highest BCUT2D eigenvalue weighted by atomic mass is 32.1. The quantitative estimate of drug-likeness (QED) is 0.926. The second-order valence-electron chi connectivity index (χ2n) is 4.94. The average molecular weight is 306 g/mol. The zero-order chi connectivity index (χ0) is 14.8. The number of para-hydroxylation sites is 1. The largest absolute Gasteiger partial charge is 0.490 e. The fourth-order valence-electron chi connectivity index (χ4n) is 2.46. The fraction of sp³-hybridized carbons (Fsp3) is 0.333. The van der Waals surface area contributed by atoms with Crippen molar-refractivity contribution in [2.45, 2.75) is 25.8 Å². The maximum Gasteiger partial charge on any atom is 0.263 e. The summed E-state index contributed by atoms with van der Waals surface area (Å²) in [5.74, 6) is -0.305. The smallest absolute Gasteiger partial charge is 0.263 e. The van der Waals surface area contributed by atoms with E-state index in [1.807, 2.05) is 0 Å². The highest BCUT2D eigenvalue weighted by Gasteiger charge is 2.25. The highest BCUT2D eigenvalue weighted by Crippen LogP contribution is 2.33. The second kappa shape index (κ2) is 5.81. The summed E-state index contributed by atoms with van der Waals surface area (Å²) in [6.07, 6.45) is 1.49. The number of carbonyl (C=O) groups is 1. The van der Waals surface area contributed by atoms with E-state index in [9.17, 15) is 9.18 Å². The summed E-state index contributed by atoms with van der Waals surface area (Å²) >= 11 is 1.31. The Morgan fingerprint density at radius 1 is 1.52 bits per heavy atom. The zero-order valence-electron chi connectivity index (χ0n) is 11.6. The third kappa shape index (κ3) is 2.76. The molecular formula is C15H15FN2O2S. The molecule has 0 radical (unpaired) electrons. The molecule has 110 valence electrons. The monoisotopic (exact) mass is 306 g/mol. The molecule has 0 saturated carbocycles. The molecule has 1 aliphatic rings. The number of nitrogens with one attached hydrogen (secondary N) is 1. The van der Waals surface area contributed by atoms with Crippen molar-refractivity contribution in [1.29, 1.82) is 0 Å². The van der Waals surface area contributed by atoms with Gasteiger partial charge in [0.15, 0.2) is 11.6 Å². The van der Waals surface area contributed by atoms with E-state index in [2.05, 4.69) is 10.3 Å². The molecule has 0 spiro atoms. The van der Waals surface area contributed by atoms with Crippen LogP contribution < -0.4 is 10.1 Å². The van der Waals surface area contributed by atoms with Crippen LogP contribution in [0.4, 0.5) is 4.39 Å². The van der Waals surface area contributed by atoms with Crippen molar-refractivity contribution in [3.63, 3.8) is 0 Å². The predicted molar refractivity (Wildman–Crippen MR) is 78.2 cm³/mol. The van der Waals surface area contributed by atoms with Crippen LogP contribution in [0.1, 0.15) is 39.8 Å². The molecule has 2 heterocycles. The van der Waals surface area contributed by atoms with Gasteiger partial charge in [-0.05, 0) is 25.8 Å². The lowest BCUT2D eigenvalue weighted by molar-refractivity contribution is 0.0938. The van der Waals surface area contributed by atoms with Gasteiger partial charge in [0.2, 0.25) is 0 Å². The van der Waals surface area contributed by atoms with Gasteiger partial charge in [0.1, 0.15) is 4.88 Å². The van der Waals surface area contributed by atoms with Gasteiger partial charge < -0.3 is 10.1 Å². The molecule has 3 rings (SSSR count). The first-order chi connectivity index (χ1) is 10.2. The Hall–Kier alpha value is -1.95. The Balaban J connectivity index is 1.88. The van der Waals surface area contributed by atoms with Crippen molar-refractivity contribution < 1.29 is 13.9 Å². The average Bonchev–Trinajstić information content (AvgIpc) is 2.78. The minimum absolute atomic E-state index is 0.169. The number of carbonyl (C=O) groups excluding carboxylic acids is 1. The first-order valence-electron chi connectivity index (χ1n) is 6.79. The predicted octanol–water partition coefficient (Wildman–Crippen LogP) is 3.23. The number of aromatic nitrogens is 1. The zero-order valence-corrected chi connectivity index (χ0v) is 12.4. The number of aryl methyl sites for hydroxylation is 1. The molecule has 0 saturated heterocycles. The Bertz CT molecular complexity index is 671. The van der Waals surface area contributed by atoms with Crippen LogP contribution >= 0.6 is 11.3 Å². The van der Waals surface area contributed by atoms with E-state index in [-0.39, 0.29) is 23.5 Å². The molecule has 0 unspecified atom stereocenters. The van der Waals surface area contributed by atoms with Crippen molar-refractivity contribution in [3.8, 4) is 5.75 Å². The lowest BCUT2D eigenvalue weighted by atomic mass is 10.0. The van der Waals surface area contributed by atoms with E-state index in [4.69, 9.17) is 4.74 Å². The number of amides is 1. The van der Waals surface area contributed by atoms with Gasteiger partial charge in [-0.25, -0.2) is 9.37 Å². The molecule has 1 N–H and O–H groups in total. The van der Waals surface area contributed by atoms with Crippen LogP contribution in [0.15, 0.2) is 23.7 Å². The van der Waals surface area contributed by atoms with Crippen molar-refractivity contribution in [3.05, 3.63) is 45.7 Å². The molecule has 0 fully saturated rings. The van der Waals surface area contributed by atoms with Crippen LogP contribution in [0.2, 0.25) is 0 Å². The van der Waals surface area contributed by atoms with Crippen LogP contribution in [-0.2, 0) is 0 Å². The van der Waals surface area contributed by atoms with Crippen LogP contribution in [0, 0.1) is 12.7 Å².